The van der Waals surface area contributed by atoms with Crippen molar-refractivity contribution >= 4 is 12.1 Å². The van der Waals surface area contributed by atoms with Crippen molar-refractivity contribution in [2.24, 2.45) is 10.9 Å². The van der Waals surface area contributed by atoms with Gasteiger partial charge in [-0.2, -0.15) is 0 Å². The van der Waals surface area contributed by atoms with Crippen LogP contribution in [0, 0.1) is 5.92 Å². The summed E-state index contributed by atoms with van der Waals surface area (Å²) in [6, 6.07) is 3.84. The first-order chi connectivity index (χ1) is 14.8. The SMILES string of the molecule is CN=C(NCCCN(Cc1cccnc1)C(=O)OC(C)(C)C)N(C)CCOCC1CC1. The Balaban J connectivity index is 1.77. The predicted octanol–water partition coefficient (Wildman–Crippen LogP) is 3.14. The van der Waals surface area contributed by atoms with Crippen molar-refractivity contribution in [2.45, 2.75) is 52.2 Å². The van der Waals surface area contributed by atoms with Crippen LogP contribution in [0.1, 0.15) is 45.6 Å². The Morgan fingerprint density at radius 3 is 2.71 bits per heavy atom. The largest absolute Gasteiger partial charge is 0.444 e. The van der Waals surface area contributed by atoms with Gasteiger partial charge in [0.2, 0.25) is 0 Å². The molecule has 1 aliphatic carbocycles. The van der Waals surface area contributed by atoms with Gasteiger partial charge in [0.15, 0.2) is 5.96 Å². The minimum Gasteiger partial charge on any atom is -0.444 e. The molecule has 0 radical (unpaired) electrons. The molecule has 1 N–H and O–H groups in total. The Morgan fingerprint density at radius 2 is 2.10 bits per heavy atom. The molecule has 0 atom stereocenters. The van der Waals surface area contributed by atoms with E-state index in [1.807, 2.05) is 40.0 Å². The Hall–Kier alpha value is -2.35. The first-order valence-electron chi connectivity index (χ1n) is 11.1. The summed E-state index contributed by atoms with van der Waals surface area (Å²) in [5, 5.41) is 3.37. The van der Waals surface area contributed by atoms with Crippen molar-refractivity contribution in [2.75, 3.05) is 46.9 Å². The minimum atomic E-state index is -0.533. The van der Waals surface area contributed by atoms with Crippen molar-refractivity contribution < 1.29 is 14.3 Å². The average Bonchev–Trinajstić information content (AvgIpc) is 3.54. The van der Waals surface area contributed by atoms with Crippen molar-refractivity contribution in [3.63, 3.8) is 0 Å². The van der Waals surface area contributed by atoms with Crippen molar-refractivity contribution in [1.29, 1.82) is 0 Å². The van der Waals surface area contributed by atoms with Gasteiger partial charge < -0.3 is 24.6 Å². The lowest BCUT2D eigenvalue weighted by Gasteiger charge is -2.28. The van der Waals surface area contributed by atoms with Crippen LogP contribution in [-0.4, -0.2) is 79.4 Å². The van der Waals surface area contributed by atoms with Crippen LogP contribution in [0.15, 0.2) is 29.5 Å². The lowest BCUT2D eigenvalue weighted by molar-refractivity contribution is 0.0232. The van der Waals surface area contributed by atoms with Gasteiger partial charge in [-0.05, 0) is 57.6 Å². The number of pyridine rings is 1. The molecule has 0 aliphatic heterocycles. The van der Waals surface area contributed by atoms with Crippen LogP contribution in [0.25, 0.3) is 0 Å². The molecular formula is C23H39N5O3. The van der Waals surface area contributed by atoms with Crippen LogP contribution in [0.3, 0.4) is 0 Å². The van der Waals surface area contributed by atoms with E-state index in [0.29, 0.717) is 26.2 Å². The number of hydrogen-bond acceptors (Lipinski definition) is 5. The molecule has 1 aromatic rings. The Labute approximate surface area is 187 Å². The minimum absolute atomic E-state index is 0.314. The predicted molar refractivity (Wildman–Crippen MR) is 123 cm³/mol. The fourth-order valence-corrected chi connectivity index (χ4v) is 2.97. The molecule has 0 saturated heterocycles. The van der Waals surface area contributed by atoms with E-state index in [-0.39, 0.29) is 6.09 Å². The number of nitrogens with one attached hydrogen (secondary N) is 1. The van der Waals surface area contributed by atoms with Gasteiger partial charge in [0.1, 0.15) is 5.60 Å². The second kappa shape index (κ2) is 12.5. The van der Waals surface area contributed by atoms with E-state index in [9.17, 15) is 4.79 Å². The van der Waals surface area contributed by atoms with Crippen LogP contribution in [-0.2, 0) is 16.0 Å². The maximum Gasteiger partial charge on any atom is 0.410 e. The third kappa shape index (κ3) is 10.5. The summed E-state index contributed by atoms with van der Waals surface area (Å²) in [6.45, 7) is 9.73. The quantitative estimate of drug-likeness (QED) is 0.328. The maximum absolute atomic E-state index is 12.7. The molecule has 1 amide bonds. The van der Waals surface area contributed by atoms with Gasteiger partial charge in [-0.25, -0.2) is 4.79 Å². The van der Waals surface area contributed by atoms with E-state index in [2.05, 4.69) is 20.2 Å². The Morgan fingerprint density at radius 1 is 1.32 bits per heavy atom. The highest BCUT2D eigenvalue weighted by molar-refractivity contribution is 5.79. The molecule has 0 aromatic carbocycles. The molecule has 8 heteroatoms. The number of carbonyl (C=O) groups is 1. The third-order valence-electron chi connectivity index (χ3n) is 4.83. The van der Waals surface area contributed by atoms with Gasteiger partial charge in [-0.3, -0.25) is 9.98 Å². The first kappa shape index (κ1) is 24.9. The van der Waals surface area contributed by atoms with Crippen LogP contribution in [0.2, 0.25) is 0 Å². The van der Waals surface area contributed by atoms with Crippen LogP contribution in [0.5, 0.6) is 0 Å². The highest BCUT2D eigenvalue weighted by Crippen LogP contribution is 2.28. The molecule has 1 aromatic heterocycles. The fraction of sp³-hybridized carbons (Fsp3) is 0.696. The van der Waals surface area contributed by atoms with E-state index in [1.165, 1.54) is 12.8 Å². The van der Waals surface area contributed by atoms with Crippen molar-refractivity contribution in [3.05, 3.63) is 30.1 Å². The molecule has 2 rings (SSSR count). The fourth-order valence-electron chi connectivity index (χ4n) is 2.97. The molecule has 0 bridgehead atoms. The number of aromatic nitrogens is 1. The molecule has 31 heavy (non-hydrogen) atoms. The molecule has 8 nitrogen and oxygen atoms in total. The maximum atomic E-state index is 12.7. The van der Waals surface area contributed by atoms with Crippen molar-refractivity contribution in [3.8, 4) is 0 Å². The molecule has 1 heterocycles. The molecule has 0 spiro atoms. The lowest BCUT2D eigenvalue weighted by atomic mass is 10.2. The first-order valence-corrected chi connectivity index (χ1v) is 11.1. The molecule has 1 aliphatic rings. The zero-order chi connectivity index (χ0) is 22.7. The van der Waals surface area contributed by atoms with Crippen LogP contribution in [0.4, 0.5) is 4.79 Å². The highest BCUT2D eigenvalue weighted by Gasteiger charge is 2.22. The number of rotatable bonds is 11. The van der Waals surface area contributed by atoms with Crippen LogP contribution >= 0.6 is 0 Å². The molecule has 174 valence electrons. The van der Waals surface area contributed by atoms with Gasteiger partial charge in [0, 0.05) is 52.7 Å². The molecule has 1 saturated carbocycles. The van der Waals surface area contributed by atoms with Crippen LogP contribution < -0.4 is 5.32 Å². The Bertz CT molecular complexity index is 686. The monoisotopic (exact) mass is 433 g/mol. The van der Waals surface area contributed by atoms with Gasteiger partial charge in [-0.1, -0.05) is 6.07 Å². The number of carbonyl (C=O) groups excluding carboxylic acids is 1. The summed E-state index contributed by atoms with van der Waals surface area (Å²) in [7, 11) is 3.78. The molecule has 0 unspecified atom stereocenters. The summed E-state index contributed by atoms with van der Waals surface area (Å²) in [5.41, 5.74) is 0.442. The van der Waals surface area contributed by atoms with E-state index in [0.717, 1.165) is 37.0 Å². The normalized spacial score (nSPS) is 14.3. The molecular weight excluding hydrogens is 394 g/mol. The zero-order valence-corrected chi connectivity index (χ0v) is 19.8. The van der Waals surface area contributed by atoms with E-state index in [4.69, 9.17) is 9.47 Å². The van der Waals surface area contributed by atoms with E-state index in [1.54, 1.807) is 24.3 Å². The average molecular weight is 434 g/mol. The number of hydrogen-bond donors (Lipinski definition) is 1. The second-order valence-corrected chi connectivity index (χ2v) is 9.03. The van der Waals surface area contributed by atoms with Gasteiger partial charge >= 0.3 is 6.09 Å². The van der Waals surface area contributed by atoms with Gasteiger partial charge in [0.25, 0.3) is 0 Å². The summed E-state index contributed by atoms with van der Waals surface area (Å²) < 4.78 is 11.3. The zero-order valence-electron chi connectivity index (χ0n) is 19.8. The number of aliphatic imine (C=N–C) groups is 1. The number of ether oxygens (including phenoxy) is 2. The topological polar surface area (TPSA) is 79.3 Å². The van der Waals surface area contributed by atoms with E-state index >= 15 is 0 Å². The Kier molecular flexibility index (Phi) is 10.0. The third-order valence-corrected chi connectivity index (χ3v) is 4.83. The number of guanidine groups is 1. The number of amides is 1. The highest BCUT2D eigenvalue weighted by atomic mass is 16.6. The number of nitrogens with zero attached hydrogens (tertiary/aromatic N) is 4. The summed E-state index contributed by atoms with van der Waals surface area (Å²) in [5.74, 6) is 1.61. The summed E-state index contributed by atoms with van der Waals surface area (Å²) in [4.78, 5) is 24.9. The second-order valence-electron chi connectivity index (χ2n) is 9.03. The van der Waals surface area contributed by atoms with Crippen molar-refractivity contribution in [1.82, 2.24) is 20.1 Å². The smallest absolute Gasteiger partial charge is 0.410 e. The summed E-state index contributed by atoms with van der Waals surface area (Å²) in [6.07, 6.45) is 6.57. The molecule has 1 fully saturated rings. The lowest BCUT2D eigenvalue weighted by Crippen LogP contribution is -2.42. The summed E-state index contributed by atoms with van der Waals surface area (Å²) >= 11 is 0. The standard InChI is InChI=1S/C23H39N5O3/c1-23(2,3)31-22(29)28(17-20-8-6-11-25-16-20)13-7-12-26-21(24-4)27(5)14-15-30-18-19-9-10-19/h6,8,11,16,19H,7,9-10,12-15,17-18H2,1-5H3,(H,24,26). The van der Waals surface area contributed by atoms with E-state index < -0.39 is 5.60 Å². The van der Waals surface area contributed by atoms with Gasteiger partial charge in [0.05, 0.1) is 13.2 Å². The number of likely N-dealkylation sites (N-methyl/N-ethyl adjacent to an activating group) is 1. The van der Waals surface area contributed by atoms with Gasteiger partial charge in [-0.15, -0.1) is 0 Å².